The summed E-state index contributed by atoms with van der Waals surface area (Å²) in [4.78, 5) is 4.11. The van der Waals surface area contributed by atoms with Gasteiger partial charge < -0.3 is 5.32 Å². The van der Waals surface area contributed by atoms with Crippen LogP contribution in [0.15, 0.2) is 42.6 Å². The number of alkyl halides is 3. The molecule has 0 saturated carbocycles. The lowest BCUT2D eigenvalue weighted by Gasteiger charge is -2.10. The quantitative estimate of drug-likeness (QED) is 0.907. The Morgan fingerprint density at radius 2 is 1.95 bits per heavy atom. The first-order valence-corrected chi connectivity index (χ1v) is 5.78. The molecule has 0 amide bonds. The summed E-state index contributed by atoms with van der Waals surface area (Å²) in [5.74, 6) is 0. The van der Waals surface area contributed by atoms with Crippen molar-refractivity contribution in [3.8, 4) is 0 Å². The number of rotatable bonds is 3. The molecule has 0 aliphatic carbocycles. The fourth-order valence-electron chi connectivity index (χ4n) is 1.63. The summed E-state index contributed by atoms with van der Waals surface area (Å²) in [7, 11) is 0. The second-order valence-electron chi connectivity index (χ2n) is 4.24. The van der Waals surface area contributed by atoms with Gasteiger partial charge in [-0.3, -0.25) is 4.98 Å². The average molecular weight is 266 g/mol. The third kappa shape index (κ3) is 3.71. The number of benzene rings is 1. The lowest BCUT2D eigenvalue weighted by molar-refractivity contribution is -0.137. The highest BCUT2D eigenvalue weighted by Gasteiger charge is 2.30. The van der Waals surface area contributed by atoms with E-state index in [-0.39, 0.29) is 0 Å². The van der Waals surface area contributed by atoms with Gasteiger partial charge in [0.15, 0.2) is 0 Å². The minimum atomic E-state index is -4.30. The molecule has 0 atom stereocenters. The first kappa shape index (κ1) is 13.4. The van der Waals surface area contributed by atoms with Crippen LogP contribution in [0.1, 0.15) is 16.8 Å². The topological polar surface area (TPSA) is 24.9 Å². The van der Waals surface area contributed by atoms with Gasteiger partial charge in [-0.05, 0) is 36.8 Å². The predicted molar refractivity (Wildman–Crippen MR) is 67.7 cm³/mol. The highest BCUT2D eigenvalue weighted by Crippen LogP contribution is 2.29. The molecule has 0 radical (unpaired) electrons. The molecule has 2 nitrogen and oxygen atoms in total. The SMILES string of the molecule is Cc1ccc(NCc2cccc(C(F)(F)F)c2)cn1. The molecule has 2 rings (SSSR count). The highest BCUT2D eigenvalue weighted by molar-refractivity contribution is 5.42. The smallest absolute Gasteiger partial charge is 0.380 e. The van der Waals surface area contributed by atoms with Crippen LogP contribution >= 0.6 is 0 Å². The second kappa shape index (κ2) is 5.30. The summed E-state index contributed by atoms with van der Waals surface area (Å²) in [5, 5.41) is 3.04. The summed E-state index contributed by atoms with van der Waals surface area (Å²) in [5.41, 5.74) is 1.62. The van der Waals surface area contributed by atoms with Crippen LogP contribution in [0.5, 0.6) is 0 Å². The minimum absolute atomic E-state index is 0.328. The van der Waals surface area contributed by atoms with Gasteiger partial charge in [0.1, 0.15) is 0 Å². The number of pyridine rings is 1. The average Bonchev–Trinajstić information content (AvgIpc) is 2.37. The van der Waals surface area contributed by atoms with Gasteiger partial charge in [-0.2, -0.15) is 13.2 Å². The van der Waals surface area contributed by atoms with E-state index in [0.717, 1.165) is 23.5 Å². The Morgan fingerprint density at radius 1 is 1.16 bits per heavy atom. The van der Waals surface area contributed by atoms with E-state index >= 15 is 0 Å². The van der Waals surface area contributed by atoms with Gasteiger partial charge in [-0.15, -0.1) is 0 Å². The van der Waals surface area contributed by atoms with Crippen LogP contribution in [0.4, 0.5) is 18.9 Å². The van der Waals surface area contributed by atoms with Crippen LogP contribution < -0.4 is 5.32 Å². The summed E-state index contributed by atoms with van der Waals surface area (Å²) in [6.07, 6.45) is -2.65. The summed E-state index contributed by atoms with van der Waals surface area (Å²) in [6, 6.07) is 8.97. The first-order valence-electron chi connectivity index (χ1n) is 5.78. The largest absolute Gasteiger partial charge is 0.416 e. The number of hydrogen-bond donors (Lipinski definition) is 1. The molecule has 0 spiro atoms. The Balaban J connectivity index is 2.05. The molecular formula is C14H13F3N2. The maximum absolute atomic E-state index is 12.5. The number of aryl methyl sites for hydroxylation is 1. The van der Waals surface area contributed by atoms with Crippen LogP contribution in [0.3, 0.4) is 0 Å². The highest BCUT2D eigenvalue weighted by atomic mass is 19.4. The van der Waals surface area contributed by atoms with Gasteiger partial charge >= 0.3 is 6.18 Å². The molecular weight excluding hydrogens is 253 g/mol. The van der Waals surface area contributed by atoms with E-state index in [2.05, 4.69) is 10.3 Å². The molecule has 1 N–H and O–H groups in total. The van der Waals surface area contributed by atoms with Gasteiger partial charge in [0.05, 0.1) is 17.4 Å². The molecule has 5 heteroatoms. The molecule has 0 unspecified atom stereocenters. The van der Waals surface area contributed by atoms with Crippen LogP contribution in [-0.4, -0.2) is 4.98 Å². The zero-order valence-corrected chi connectivity index (χ0v) is 10.3. The molecule has 2 aromatic rings. The fraction of sp³-hybridized carbons (Fsp3) is 0.214. The Morgan fingerprint density at radius 3 is 2.58 bits per heavy atom. The van der Waals surface area contributed by atoms with Crippen molar-refractivity contribution in [3.05, 3.63) is 59.4 Å². The molecule has 0 saturated heterocycles. The zero-order chi connectivity index (χ0) is 13.9. The van der Waals surface area contributed by atoms with E-state index in [9.17, 15) is 13.2 Å². The molecule has 1 aromatic carbocycles. The Hall–Kier alpha value is -2.04. The zero-order valence-electron chi connectivity index (χ0n) is 10.3. The molecule has 0 aliphatic heterocycles. The fourth-order valence-corrected chi connectivity index (χ4v) is 1.63. The van der Waals surface area contributed by atoms with Gasteiger partial charge in [-0.25, -0.2) is 0 Å². The van der Waals surface area contributed by atoms with Crippen molar-refractivity contribution in [1.82, 2.24) is 4.98 Å². The second-order valence-corrected chi connectivity index (χ2v) is 4.24. The van der Waals surface area contributed by atoms with Crippen molar-refractivity contribution in [2.75, 3.05) is 5.32 Å². The van der Waals surface area contributed by atoms with Crippen LogP contribution in [-0.2, 0) is 12.7 Å². The number of halogens is 3. The van der Waals surface area contributed by atoms with Crippen molar-refractivity contribution in [2.45, 2.75) is 19.6 Å². The van der Waals surface area contributed by atoms with Crippen LogP contribution in [0.25, 0.3) is 0 Å². The van der Waals surface area contributed by atoms with Crippen LogP contribution in [0.2, 0.25) is 0 Å². The van der Waals surface area contributed by atoms with E-state index in [1.54, 1.807) is 12.3 Å². The van der Waals surface area contributed by atoms with Crippen LogP contribution in [0, 0.1) is 6.92 Å². The van der Waals surface area contributed by atoms with Gasteiger partial charge in [0, 0.05) is 12.2 Å². The maximum Gasteiger partial charge on any atom is 0.416 e. The molecule has 0 aliphatic rings. The number of aromatic nitrogens is 1. The Bertz CT molecular complexity index is 547. The van der Waals surface area contributed by atoms with Crippen molar-refractivity contribution >= 4 is 5.69 Å². The summed E-state index contributed by atoms with van der Waals surface area (Å²) < 4.78 is 37.6. The lowest BCUT2D eigenvalue weighted by atomic mass is 10.1. The minimum Gasteiger partial charge on any atom is -0.380 e. The molecule has 0 fully saturated rings. The third-order valence-electron chi connectivity index (χ3n) is 2.66. The van der Waals surface area contributed by atoms with Gasteiger partial charge in [0.25, 0.3) is 0 Å². The Labute approximate surface area is 109 Å². The number of anilines is 1. The molecule has 1 aromatic heterocycles. The van der Waals surface area contributed by atoms with Gasteiger partial charge in [0.2, 0.25) is 0 Å². The maximum atomic E-state index is 12.5. The van der Waals surface area contributed by atoms with Crippen molar-refractivity contribution < 1.29 is 13.2 Å². The lowest BCUT2D eigenvalue weighted by Crippen LogP contribution is -2.07. The van der Waals surface area contributed by atoms with Crippen molar-refractivity contribution in [1.29, 1.82) is 0 Å². The number of nitrogens with zero attached hydrogens (tertiary/aromatic N) is 1. The normalized spacial score (nSPS) is 11.4. The van der Waals surface area contributed by atoms with Gasteiger partial charge in [-0.1, -0.05) is 12.1 Å². The number of nitrogens with one attached hydrogen (secondary N) is 1. The van der Waals surface area contributed by atoms with E-state index in [0.29, 0.717) is 12.1 Å². The monoisotopic (exact) mass is 266 g/mol. The Kier molecular flexibility index (Phi) is 3.74. The van der Waals surface area contributed by atoms with Crippen molar-refractivity contribution in [3.63, 3.8) is 0 Å². The van der Waals surface area contributed by atoms with E-state index in [4.69, 9.17) is 0 Å². The molecule has 0 bridgehead atoms. The summed E-state index contributed by atoms with van der Waals surface area (Å²) >= 11 is 0. The summed E-state index contributed by atoms with van der Waals surface area (Å²) in [6.45, 7) is 2.20. The molecule has 100 valence electrons. The van der Waals surface area contributed by atoms with E-state index in [1.807, 2.05) is 19.1 Å². The standard InChI is InChI=1S/C14H13F3N2/c1-10-5-6-13(9-18-10)19-8-11-3-2-4-12(7-11)14(15,16)17/h2-7,9,19H,8H2,1H3. The number of hydrogen-bond acceptors (Lipinski definition) is 2. The first-order chi connectivity index (χ1) is 8.95. The van der Waals surface area contributed by atoms with E-state index < -0.39 is 11.7 Å². The third-order valence-corrected chi connectivity index (χ3v) is 2.66. The van der Waals surface area contributed by atoms with Crippen molar-refractivity contribution in [2.24, 2.45) is 0 Å². The molecule has 1 heterocycles. The molecule has 19 heavy (non-hydrogen) atoms. The van der Waals surface area contributed by atoms with E-state index in [1.165, 1.54) is 6.07 Å². The predicted octanol–water partition coefficient (Wildman–Crippen LogP) is 4.02.